The van der Waals surface area contributed by atoms with E-state index in [1.54, 1.807) is 25.4 Å². The lowest BCUT2D eigenvalue weighted by atomic mass is 10.2. The maximum absolute atomic E-state index is 13.1. The lowest BCUT2D eigenvalue weighted by molar-refractivity contribution is 0.416. The first kappa shape index (κ1) is 19.2. The molecule has 0 saturated carbocycles. The Morgan fingerprint density at radius 1 is 1.10 bits per heavy atom. The topological polar surface area (TPSA) is 66.0 Å². The van der Waals surface area contributed by atoms with Crippen molar-refractivity contribution in [3.05, 3.63) is 66.4 Å². The first-order chi connectivity index (χ1) is 14.2. The molecule has 0 bridgehead atoms. The average Bonchev–Trinajstić information content (AvgIpc) is 3.39. The van der Waals surface area contributed by atoms with Gasteiger partial charge in [0.1, 0.15) is 11.6 Å². The molecule has 4 aromatic rings. The van der Waals surface area contributed by atoms with E-state index in [0.29, 0.717) is 17.4 Å². The number of oxazole rings is 1. The van der Waals surface area contributed by atoms with E-state index in [0.717, 1.165) is 34.4 Å². The predicted octanol–water partition coefficient (Wildman–Crippen LogP) is 5.06. The molecule has 0 saturated heterocycles. The third kappa shape index (κ3) is 4.02. The summed E-state index contributed by atoms with van der Waals surface area (Å²) in [5.41, 5.74) is 1.68. The first-order valence-electron chi connectivity index (χ1n) is 9.09. The molecule has 0 amide bonds. The van der Waals surface area contributed by atoms with Gasteiger partial charge in [0, 0.05) is 12.1 Å². The van der Waals surface area contributed by atoms with Crippen molar-refractivity contribution < 1.29 is 13.5 Å². The van der Waals surface area contributed by atoms with Crippen LogP contribution in [0.25, 0.3) is 22.7 Å². The van der Waals surface area contributed by atoms with E-state index in [4.69, 9.17) is 9.15 Å². The number of ether oxygens (including phenoxy) is 1. The molecule has 2 aromatic carbocycles. The molecule has 0 spiro atoms. The normalized spacial score (nSPS) is 11.0. The van der Waals surface area contributed by atoms with Gasteiger partial charge in [-0.3, -0.25) is 0 Å². The Balaban J connectivity index is 1.52. The zero-order valence-corrected chi connectivity index (χ0v) is 16.8. The van der Waals surface area contributed by atoms with Crippen molar-refractivity contribution in [2.24, 2.45) is 0 Å². The predicted molar refractivity (Wildman–Crippen MR) is 109 cm³/mol. The summed E-state index contributed by atoms with van der Waals surface area (Å²) in [7, 11) is 1.64. The van der Waals surface area contributed by atoms with Gasteiger partial charge in [-0.1, -0.05) is 23.9 Å². The minimum absolute atomic E-state index is 0.284. The van der Waals surface area contributed by atoms with Crippen molar-refractivity contribution in [1.82, 2.24) is 19.7 Å². The lowest BCUT2D eigenvalue weighted by Crippen LogP contribution is -2.01. The Kier molecular flexibility index (Phi) is 5.62. The average molecular weight is 410 g/mol. The number of para-hydroxylation sites is 1. The van der Waals surface area contributed by atoms with Crippen LogP contribution in [0.4, 0.5) is 4.39 Å². The van der Waals surface area contributed by atoms with Gasteiger partial charge in [0.15, 0.2) is 16.7 Å². The number of aromatic nitrogens is 4. The summed E-state index contributed by atoms with van der Waals surface area (Å²) >= 11 is 1.50. The summed E-state index contributed by atoms with van der Waals surface area (Å²) < 4.78 is 26.4. The summed E-state index contributed by atoms with van der Waals surface area (Å²) in [6, 6.07) is 13.9. The zero-order chi connectivity index (χ0) is 20.2. The molecule has 0 fully saturated rings. The number of nitrogens with zero attached hydrogens (tertiary/aromatic N) is 4. The zero-order valence-electron chi connectivity index (χ0n) is 16.0. The van der Waals surface area contributed by atoms with Gasteiger partial charge in [0.25, 0.3) is 0 Å². The molecule has 148 valence electrons. The molecule has 0 atom stereocenters. The van der Waals surface area contributed by atoms with Crippen LogP contribution in [0.5, 0.6) is 5.75 Å². The van der Waals surface area contributed by atoms with Gasteiger partial charge in [-0.15, -0.1) is 10.2 Å². The van der Waals surface area contributed by atoms with Gasteiger partial charge in [0.2, 0.25) is 5.89 Å². The van der Waals surface area contributed by atoms with E-state index in [1.165, 1.54) is 23.9 Å². The summed E-state index contributed by atoms with van der Waals surface area (Å²) in [6.45, 7) is 2.76. The molecular weight excluding hydrogens is 391 g/mol. The second-order valence-corrected chi connectivity index (χ2v) is 7.11. The standard InChI is InChI=1S/C21H19FN4O2S/c1-3-26-20(16-6-4-5-7-17(16)27-2)24-25-21(26)29-13-19-23-12-18(28-19)14-8-10-15(22)11-9-14/h4-12H,3,13H2,1-2H3. The Labute approximate surface area is 171 Å². The quantitative estimate of drug-likeness (QED) is 0.397. The Morgan fingerprint density at radius 2 is 1.90 bits per heavy atom. The SMILES string of the molecule is CCn1c(SCc2ncc(-c3ccc(F)cc3)o2)nnc1-c1ccccc1OC. The first-order valence-corrected chi connectivity index (χ1v) is 10.1. The number of benzene rings is 2. The Bertz CT molecular complexity index is 1110. The van der Waals surface area contributed by atoms with Crippen LogP contribution in [0, 0.1) is 5.82 Å². The minimum Gasteiger partial charge on any atom is -0.496 e. The highest BCUT2D eigenvalue weighted by atomic mass is 32.2. The molecule has 0 unspecified atom stereocenters. The molecule has 2 heterocycles. The van der Waals surface area contributed by atoms with Crippen LogP contribution in [0.1, 0.15) is 12.8 Å². The van der Waals surface area contributed by atoms with Crippen LogP contribution in [-0.4, -0.2) is 26.9 Å². The van der Waals surface area contributed by atoms with Gasteiger partial charge >= 0.3 is 0 Å². The fourth-order valence-electron chi connectivity index (χ4n) is 2.96. The van der Waals surface area contributed by atoms with Crippen molar-refractivity contribution in [2.45, 2.75) is 24.4 Å². The van der Waals surface area contributed by atoms with Crippen molar-refractivity contribution >= 4 is 11.8 Å². The van der Waals surface area contributed by atoms with Crippen molar-refractivity contribution in [3.8, 4) is 28.5 Å². The van der Waals surface area contributed by atoms with E-state index >= 15 is 0 Å². The number of methoxy groups -OCH3 is 1. The van der Waals surface area contributed by atoms with Crippen LogP contribution >= 0.6 is 11.8 Å². The second-order valence-electron chi connectivity index (χ2n) is 6.16. The van der Waals surface area contributed by atoms with Gasteiger partial charge in [-0.2, -0.15) is 0 Å². The highest BCUT2D eigenvalue weighted by molar-refractivity contribution is 7.98. The van der Waals surface area contributed by atoms with E-state index in [-0.39, 0.29) is 5.82 Å². The van der Waals surface area contributed by atoms with Crippen LogP contribution in [0.3, 0.4) is 0 Å². The minimum atomic E-state index is -0.284. The number of rotatable bonds is 7. The fourth-order valence-corrected chi connectivity index (χ4v) is 3.82. The fraction of sp³-hybridized carbons (Fsp3) is 0.190. The molecule has 29 heavy (non-hydrogen) atoms. The molecular formula is C21H19FN4O2S. The highest BCUT2D eigenvalue weighted by Crippen LogP contribution is 2.32. The summed E-state index contributed by atoms with van der Waals surface area (Å²) in [5.74, 6) is 2.90. The van der Waals surface area contributed by atoms with Gasteiger partial charge in [-0.05, 0) is 43.3 Å². The summed E-state index contributed by atoms with van der Waals surface area (Å²) in [5, 5.41) is 9.48. The van der Waals surface area contributed by atoms with Crippen molar-refractivity contribution in [2.75, 3.05) is 7.11 Å². The van der Waals surface area contributed by atoms with E-state index < -0.39 is 0 Å². The van der Waals surface area contributed by atoms with Crippen LogP contribution in [0.2, 0.25) is 0 Å². The third-order valence-corrected chi connectivity index (χ3v) is 5.34. The van der Waals surface area contributed by atoms with Gasteiger partial charge < -0.3 is 13.7 Å². The third-order valence-electron chi connectivity index (χ3n) is 4.39. The maximum Gasteiger partial charge on any atom is 0.205 e. The lowest BCUT2D eigenvalue weighted by Gasteiger charge is -2.10. The van der Waals surface area contributed by atoms with Gasteiger partial charge in [0.05, 0.1) is 24.6 Å². The molecule has 0 radical (unpaired) electrons. The van der Waals surface area contributed by atoms with Crippen molar-refractivity contribution in [1.29, 1.82) is 0 Å². The highest BCUT2D eigenvalue weighted by Gasteiger charge is 2.17. The maximum atomic E-state index is 13.1. The molecule has 0 aliphatic rings. The monoisotopic (exact) mass is 410 g/mol. The van der Waals surface area contributed by atoms with Crippen LogP contribution in [-0.2, 0) is 12.3 Å². The molecule has 0 aliphatic heterocycles. The second kappa shape index (κ2) is 8.48. The number of hydrogen-bond acceptors (Lipinski definition) is 6. The van der Waals surface area contributed by atoms with Crippen LogP contribution < -0.4 is 4.74 Å². The van der Waals surface area contributed by atoms with E-state index in [9.17, 15) is 4.39 Å². The van der Waals surface area contributed by atoms with E-state index in [1.807, 2.05) is 35.8 Å². The van der Waals surface area contributed by atoms with Crippen molar-refractivity contribution in [3.63, 3.8) is 0 Å². The molecule has 8 heteroatoms. The smallest absolute Gasteiger partial charge is 0.205 e. The molecule has 0 N–H and O–H groups in total. The molecule has 6 nitrogen and oxygen atoms in total. The molecule has 4 rings (SSSR count). The van der Waals surface area contributed by atoms with E-state index in [2.05, 4.69) is 15.2 Å². The molecule has 2 aromatic heterocycles. The summed E-state index contributed by atoms with van der Waals surface area (Å²) in [4.78, 5) is 4.32. The number of hydrogen-bond donors (Lipinski definition) is 0. The van der Waals surface area contributed by atoms with Gasteiger partial charge in [-0.25, -0.2) is 9.37 Å². The summed E-state index contributed by atoms with van der Waals surface area (Å²) in [6.07, 6.45) is 1.65. The van der Waals surface area contributed by atoms with Crippen LogP contribution in [0.15, 0.2) is 64.3 Å². The Hall–Kier alpha value is -3.13. The number of halogens is 1. The number of thioether (sulfide) groups is 1. The Morgan fingerprint density at radius 3 is 2.66 bits per heavy atom. The molecule has 0 aliphatic carbocycles. The largest absolute Gasteiger partial charge is 0.496 e.